The van der Waals surface area contributed by atoms with Gasteiger partial charge in [-0.1, -0.05) is 13.8 Å². The van der Waals surface area contributed by atoms with Gasteiger partial charge in [-0.15, -0.1) is 0 Å². The lowest BCUT2D eigenvalue weighted by atomic mass is 9.78. The lowest BCUT2D eigenvalue weighted by Gasteiger charge is -2.39. The molecule has 2 heteroatoms. The van der Waals surface area contributed by atoms with Crippen molar-refractivity contribution in [2.24, 2.45) is 11.8 Å². The van der Waals surface area contributed by atoms with Gasteiger partial charge in [0.15, 0.2) is 0 Å². The summed E-state index contributed by atoms with van der Waals surface area (Å²) in [6, 6.07) is 1.33. The summed E-state index contributed by atoms with van der Waals surface area (Å²) in [5.41, 5.74) is 0. The van der Waals surface area contributed by atoms with Crippen molar-refractivity contribution in [1.29, 1.82) is 0 Å². The first-order valence-corrected chi connectivity index (χ1v) is 6.09. The maximum atomic E-state index is 9.20. The van der Waals surface area contributed by atoms with Gasteiger partial charge in [-0.25, -0.2) is 0 Å². The van der Waals surface area contributed by atoms with Crippen LogP contribution in [0.2, 0.25) is 0 Å². The Morgan fingerprint density at radius 3 is 2.21 bits per heavy atom. The number of hydrogen-bond acceptors (Lipinski definition) is 2. The van der Waals surface area contributed by atoms with Crippen molar-refractivity contribution in [3.05, 3.63) is 0 Å². The number of aliphatic hydroxyl groups is 1. The van der Waals surface area contributed by atoms with Crippen LogP contribution >= 0.6 is 0 Å². The Kier molecular flexibility index (Phi) is 3.13. The van der Waals surface area contributed by atoms with E-state index in [1.54, 1.807) is 0 Å². The molecule has 2 aliphatic rings. The van der Waals surface area contributed by atoms with Gasteiger partial charge in [-0.05, 0) is 43.9 Å². The summed E-state index contributed by atoms with van der Waals surface area (Å²) in [6.45, 7) is 4.74. The van der Waals surface area contributed by atoms with E-state index >= 15 is 0 Å². The highest BCUT2D eigenvalue weighted by atomic mass is 16.3. The molecule has 14 heavy (non-hydrogen) atoms. The van der Waals surface area contributed by atoms with Crippen LogP contribution < -0.4 is 5.32 Å². The summed E-state index contributed by atoms with van der Waals surface area (Å²) in [7, 11) is 0. The van der Waals surface area contributed by atoms with Gasteiger partial charge in [0.1, 0.15) is 0 Å². The number of rotatable bonds is 2. The Morgan fingerprint density at radius 2 is 1.64 bits per heavy atom. The van der Waals surface area contributed by atoms with Crippen molar-refractivity contribution < 1.29 is 5.11 Å². The molecule has 0 aromatic heterocycles. The van der Waals surface area contributed by atoms with E-state index in [1.807, 2.05) is 0 Å². The fraction of sp³-hybridized carbons (Fsp3) is 1.00. The van der Waals surface area contributed by atoms with Gasteiger partial charge in [0.2, 0.25) is 0 Å². The molecule has 2 fully saturated rings. The highest BCUT2D eigenvalue weighted by Crippen LogP contribution is 2.31. The summed E-state index contributed by atoms with van der Waals surface area (Å²) in [5.74, 6) is 1.77. The van der Waals surface area contributed by atoms with Crippen LogP contribution in [0.1, 0.15) is 46.0 Å². The van der Waals surface area contributed by atoms with Gasteiger partial charge in [0, 0.05) is 12.1 Å². The van der Waals surface area contributed by atoms with E-state index in [9.17, 15) is 5.11 Å². The minimum atomic E-state index is -0.0209. The third-order valence-corrected chi connectivity index (χ3v) is 4.18. The molecule has 2 saturated carbocycles. The van der Waals surface area contributed by atoms with Crippen LogP contribution in [-0.2, 0) is 0 Å². The van der Waals surface area contributed by atoms with E-state index in [1.165, 1.54) is 19.3 Å². The zero-order valence-corrected chi connectivity index (χ0v) is 9.37. The first kappa shape index (κ1) is 10.4. The molecule has 0 heterocycles. The lowest BCUT2D eigenvalue weighted by molar-refractivity contribution is 0.0517. The maximum Gasteiger partial charge on any atom is 0.0570 e. The second-order valence-corrected chi connectivity index (χ2v) is 5.45. The molecule has 82 valence electrons. The molecule has 0 aromatic rings. The standard InChI is InChI=1S/C12H23NO/c1-8-3-4-10(5-9(8)2)13-11-6-12(14)7-11/h8-14H,3-7H2,1-2H3. The first-order valence-electron chi connectivity index (χ1n) is 6.09. The normalized spacial score (nSPS) is 48.6. The van der Waals surface area contributed by atoms with Crippen LogP contribution in [0.3, 0.4) is 0 Å². The average molecular weight is 197 g/mol. The fourth-order valence-electron chi connectivity index (χ4n) is 2.76. The summed E-state index contributed by atoms with van der Waals surface area (Å²) >= 11 is 0. The van der Waals surface area contributed by atoms with Gasteiger partial charge in [0.05, 0.1) is 6.10 Å². The minimum absolute atomic E-state index is 0.0209. The summed E-state index contributed by atoms with van der Waals surface area (Å²) in [5, 5.41) is 12.9. The van der Waals surface area contributed by atoms with E-state index in [0.717, 1.165) is 30.7 Å². The van der Waals surface area contributed by atoms with E-state index in [4.69, 9.17) is 0 Å². The van der Waals surface area contributed by atoms with Gasteiger partial charge >= 0.3 is 0 Å². The van der Waals surface area contributed by atoms with E-state index in [2.05, 4.69) is 19.2 Å². The quantitative estimate of drug-likeness (QED) is 0.709. The van der Waals surface area contributed by atoms with Crippen molar-refractivity contribution >= 4 is 0 Å². The lowest BCUT2D eigenvalue weighted by Crippen LogP contribution is -2.50. The third kappa shape index (κ3) is 2.29. The van der Waals surface area contributed by atoms with Crippen LogP contribution in [0.5, 0.6) is 0 Å². The Bertz CT molecular complexity index is 189. The van der Waals surface area contributed by atoms with Gasteiger partial charge in [0.25, 0.3) is 0 Å². The van der Waals surface area contributed by atoms with Gasteiger partial charge in [-0.2, -0.15) is 0 Å². The number of aliphatic hydroxyl groups excluding tert-OH is 1. The monoisotopic (exact) mass is 197 g/mol. The molecule has 3 atom stereocenters. The van der Waals surface area contributed by atoms with Crippen LogP contribution in [0, 0.1) is 11.8 Å². The number of hydrogen-bond donors (Lipinski definition) is 2. The van der Waals surface area contributed by atoms with Crippen molar-refractivity contribution in [2.75, 3.05) is 0 Å². The van der Waals surface area contributed by atoms with Crippen molar-refractivity contribution in [3.8, 4) is 0 Å². The van der Waals surface area contributed by atoms with Crippen LogP contribution in [0.15, 0.2) is 0 Å². The smallest absolute Gasteiger partial charge is 0.0570 e. The Balaban J connectivity index is 1.71. The molecular formula is C12H23NO. The molecule has 2 nitrogen and oxygen atoms in total. The third-order valence-electron chi connectivity index (χ3n) is 4.18. The zero-order valence-electron chi connectivity index (χ0n) is 9.37. The largest absolute Gasteiger partial charge is 0.393 e. The van der Waals surface area contributed by atoms with Gasteiger partial charge < -0.3 is 10.4 Å². The Hall–Kier alpha value is -0.0800. The summed E-state index contributed by atoms with van der Waals surface area (Å²) < 4.78 is 0. The molecule has 3 unspecified atom stereocenters. The molecule has 0 saturated heterocycles. The van der Waals surface area contributed by atoms with E-state index in [0.29, 0.717) is 6.04 Å². The Labute approximate surface area is 87.1 Å². The van der Waals surface area contributed by atoms with Crippen molar-refractivity contribution in [3.63, 3.8) is 0 Å². The molecule has 0 radical (unpaired) electrons. The molecule has 2 aliphatic carbocycles. The van der Waals surface area contributed by atoms with E-state index in [-0.39, 0.29) is 6.10 Å². The predicted octanol–water partition coefficient (Wildman–Crippen LogP) is 1.92. The van der Waals surface area contributed by atoms with Crippen LogP contribution in [-0.4, -0.2) is 23.3 Å². The first-order chi connectivity index (χ1) is 6.65. The van der Waals surface area contributed by atoms with Gasteiger partial charge in [-0.3, -0.25) is 0 Å². The molecular weight excluding hydrogens is 174 g/mol. The zero-order chi connectivity index (χ0) is 10.1. The highest BCUT2D eigenvalue weighted by Gasteiger charge is 2.31. The fourth-order valence-corrected chi connectivity index (χ4v) is 2.76. The SMILES string of the molecule is CC1CCC(NC2CC(O)C2)CC1C. The summed E-state index contributed by atoms with van der Waals surface area (Å²) in [4.78, 5) is 0. The van der Waals surface area contributed by atoms with Crippen molar-refractivity contribution in [2.45, 2.75) is 64.1 Å². The summed E-state index contributed by atoms with van der Waals surface area (Å²) in [6.07, 6.45) is 5.95. The van der Waals surface area contributed by atoms with Crippen LogP contribution in [0.4, 0.5) is 0 Å². The highest BCUT2D eigenvalue weighted by molar-refractivity contribution is 4.89. The topological polar surface area (TPSA) is 32.3 Å². The number of nitrogens with one attached hydrogen (secondary N) is 1. The molecule has 0 bridgehead atoms. The molecule has 0 aromatic carbocycles. The minimum Gasteiger partial charge on any atom is -0.393 e. The average Bonchev–Trinajstić information content (AvgIpc) is 2.09. The molecule has 2 N–H and O–H groups in total. The second kappa shape index (κ2) is 4.19. The second-order valence-electron chi connectivity index (χ2n) is 5.45. The van der Waals surface area contributed by atoms with Crippen LogP contribution in [0.25, 0.3) is 0 Å². The maximum absolute atomic E-state index is 9.20. The molecule has 0 spiro atoms. The predicted molar refractivity (Wildman–Crippen MR) is 58.1 cm³/mol. The Morgan fingerprint density at radius 1 is 0.929 bits per heavy atom. The molecule has 2 rings (SSSR count). The van der Waals surface area contributed by atoms with E-state index < -0.39 is 0 Å². The molecule has 0 aliphatic heterocycles. The molecule has 0 amide bonds. The van der Waals surface area contributed by atoms with Crippen molar-refractivity contribution in [1.82, 2.24) is 5.32 Å².